The molecule has 0 fully saturated rings. The van der Waals surface area contributed by atoms with Gasteiger partial charge in [0.25, 0.3) is 0 Å². The van der Waals surface area contributed by atoms with E-state index in [0.29, 0.717) is 5.92 Å². The van der Waals surface area contributed by atoms with Gasteiger partial charge in [-0.05, 0) is 35.6 Å². The summed E-state index contributed by atoms with van der Waals surface area (Å²) in [6, 6.07) is 4.51. The third kappa shape index (κ3) is 1.39. The van der Waals surface area contributed by atoms with Crippen LogP contribution in [0, 0.1) is 6.92 Å². The molecule has 1 aromatic rings. The van der Waals surface area contributed by atoms with E-state index in [1.165, 1.54) is 22.4 Å². The van der Waals surface area contributed by atoms with E-state index in [2.05, 4.69) is 37.9 Å². The zero-order chi connectivity index (χ0) is 9.42. The van der Waals surface area contributed by atoms with Crippen molar-refractivity contribution in [2.75, 3.05) is 0 Å². The molecule has 1 heterocycles. The third-order valence-electron chi connectivity index (χ3n) is 2.63. The molecule has 1 aliphatic heterocycles. The Kier molecular flexibility index (Phi) is 1.95. The van der Waals surface area contributed by atoms with E-state index in [1.54, 1.807) is 0 Å². The van der Waals surface area contributed by atoms with Crippen LogP contribution in [0.5, 0.6) is 0 Å². The van der Waals surface area contributed by atoms with Gasteiger partial charge in [0, 0.05) is 12.6 Å². The molecule has 1 heteroatoms. The van der Waals surface area contributed by atoms with E-state index in [0.717, 1.165) is 6.42 Å². The standard InChI is InChI=1S/C12H15N/c1-8(2)11-7-12-10(4-5-13-12)6-9(11)3/h5-8H,4H2,1-3H3. The Morgan fingerprint density at radius 2 is 2.08 bits per heavy atom. The molecule has 2 rings (SSSR count). The van der Waals surface area contributed by atoms with Crippen molar-refractivity contribution in [1.82, 2.24) is 0 Å². The van der Waals surface area contributed by atoms with Crippen LogP contribution in [0.2, 0.25) is 0 Å². The lowest BCUT2D eigenvalue weighted by Gasteiger charge is -2.11. The quantitative estimate of drug-likeness (QED) is 0.617. The molecule has 0 unspecified atom stereocenters. The fourth-order valence-corrected chi connectivity index (χ4v) is 1.92. The average molecular weight is 173 g/mol. The largest absolute Gasteiger partial charge is 0.261 e. The topological polar surface area (TPSA) is 12.4 Å². The van der Waals surface area contributed by atoms with Crippen LogP contribution in [0.15, 0.2) is 17.1 Å². The van der Waals surface area contributed by atoms with Crippen LogP contribution in [-0.4, -0.2) is 6.21 Å². The molecule has 1 aliphatic rings. The summed E-state index contributed by atoms with van der Waals surface area (Å²) in [5, 5.41) is 0. The van der Waals surface area contributed by atoms with Gasteiger partial charge in [-0.25, -0.2) is 0 Å². The molecule has 0 aromatic heterocycles. The highest BCUT2D eigenvalue weighted by Crippen LogP contribution is 2.30. The fraction of sp³-hybridized carbons (Fsp3) is 0.417. The summed E-state index contributed by atoms with van der Waals surface area (Å²) < 4.78 is 0. The summed E-state index contributed by atoms with van der Waals surface area (Å²) in [7, 11) is 0. The number of rotatable bonds is 1. The molecule has 0 radical (unpaired) electrons. The van der Waals surface area contributed by atoms with Crippen molar-refractivity contribution in [2.24, 2.45) is 4.99 Å². The van der Waals surface area contributed by atoms with Crippen molar-refractivity contribution in [2.45, 2.75) is 33.1 Å². The van der Waals surface area contributed by atoms with E-state index in [4.69, 9.17) is 0 Å². The second-order valence-electron chi connectivity index (χ2n) is 4.01. The van der Waals surface area contributed by atoms with Gasteiger partial charge < -0.3 is 0 Å². The Morgan fingerprint density at radius 1 is 1.31 bits per heavy atom. The number of nitrogens with zero attached hydrogens (tertiary/aromatic N) is 1. The van der Waals surface area contributed by atoms with Gasteiger partial charge in [0.2, 0.25) is 0 Å². The van der Waals surface area contributed by atoms with Crippen LogP contribution < -0.4 is 0 Å². The molecule has 0 amide bonds. The molecular weight excluding hydrogens is 158 g/mol. The van der Waals surface area contributed by atoms with Gasteiger partial charge in [-0.2, -0.15) is 0 Å². The maximum absolute atomic E-state index is 4.36. The van der Waals surface area contributed by atoms with Crippen molar-refractivity contribution in [3.63, 3.8) is 0 Å². The first kappa shape index (κ1) is 8.49. The molecule has 0 spiro atoms. The van der Waals surface area contributed by atoms with Gasteiger partial charge in [0.15, 0.2) is 0 Å². The summed E-state index contributed by atoms with van der Waals surface area (Å²) in [6.07, 6.45) is 3.00. The second-order valence-corrected chi connectivity index (χ2v) is 4.01. The maximum Gasteiger partial charge on any atom is 0.0664 e. The minimum Gasteiger partial charge on any atom is -0.261 e. The third-order valence-corrected chi connectivity index (χ3v) is 2.63. The van der Waals surface area contributed by atoms with Crippen molar-refractivity contribution in [1.29, 1.82) is 0 Å². The van der Waals surface area contributed by atoms with Gasteiger partial charge >= 0.3 is 0 Å². The first-order valence-corrected chi connectivity index (χ1v) is 4.84. The SMILES string of the molecule is Cc1cc2c(cc1C(C)C)N=CC2. The highest BCUT2D eigenvalue weighted by Gasteiger charge is 2.11. The van der Waals surface area contributed by atoms with Crippen LogP contribution in [0.4, 0.5) is 5.69 Å². The number of hydrogen-bond acceptors (Lipinski definition) is 1. The highest BCUT2D eigenvalue weighted by atomic mass is 14.7. The predicted molar refractivity (Wildman–Crippen MR) is 57.1 cm³/mol. The van der Waals surface area contributed by atoms with Crippen molar-refractivity contribution in [3.05, 3.63) is 28.8 Å². The first-order chi connectivity index (χ1) is 6.18. The molecule has 0 atom stereocenters. The first-order valence-electron chi connectivity index (χ1n) is 4.84. The van der Waals surface area contributed by atoms with Crippen LogP contribution in [-0.2, 0) is 6.42 Å². The summed E-state index contributed by atoms with van der Waals surface area (Å²) in [5.74, 6) is 0.598. The van der Waals surface area contributed by atoms with Gasteiger partial charge in [-0.15, -0.1) is 0 Å². The number of hydrogen-bond donors (Lipinski definition) is 0. The van der Waals surface area contributed by atoms with E-state index < -0.39 is 0 Å². The lowest BCUT2D eigenvalue weighted by atomic mass is 9.95. The molecule has 68 valence electrons. The molecule has 0 bridgehead atoms. The van der Waals surface area contributed by atoms with E-state index in [-0.39, 0.29) is 0 Å². The monoisotopic (exact) mass is 173 g/mol. The van der Waals surface area contributed by atoms with E-state index >= 15 is 0 Å². The Balaban J connectivity index is 2.54. The number of benzene rings is 1. The molecule has 13 heavy (non-hydrogen) atoms. The van der Waals surface area contributed by atoms with Gasteiger partial charge in [-0.1, -0.05) is 19.9 Å². The smallest absolute Gasteiger partial charge is 0.0664 e. The van der Waals surface area contributed by atoms with E-state index in [9.17, 15) is 0 Å². The normalized spacial score (nSPS) is 13.8. The predicted octanol–water partition coefficient (Wildman–Crippen LogP) is 3.38. The van der Waals surface area contributed by atoms with Crippen molar-refractivity contribution < 1.29 is 0 Å². The van der Waals surface area contributed by atoms with Crippen LogP contribution in [0.3, 0.4) is 0 Å². The summed E-state index contributed by atoms with van der Waals surface area (Å²) in [5.41, 5.74) is 5.38. The molecule has 1 aromatic carbocycles. The Hall–Kier alpha value is -1.11. The summed E-state index contributed by atoms with van der Waals surface area (Å²) in [4.78, 5) is 4.36. The molecule has 1 nitrogen and oxygen atoms in total. The average Bonchev–Trinajstić information content (AvgIpc) is 2.48. The molecule has 0 saturated carbocycles. The molecule has 0 aliphatic carbocycles. The minimum absolute atomic E-state index is 0.598. The van der Waals surface area contributed by atoms with Crippen LogP contribution >= 0.6 is 0 Å². The Morgan fingerprint density at radius 3 is 2.77 bits per heavy atom. The van der Waals surface area contributed by atoms with Gasteiger partial charge in [-0.3, -0.25) is 4.99 Å². The lowest BCUT2D eigenvalue weighted by Crippen LogP contribution is -1.93. The van der Waals surface area contributed by atoms with E-state index in [1.807, 2.05) is 6.21 Å². The van der Waals surface area contributed by atoms with Gasteiger partial charge in [0.1, 0.15) is 0 Å². The lowest BCUT2D eigenvalue weighted by molar-refractivity contribution is 0.856. The number of aryl methyl sites for hydroxylation is 1. The number of fused-ring (bicyclic) bond motifs is 1. The Bertz CT molecular complexity index is 362. The summed E-state index contributed by atoms with van der Waals surface area (Å²) >= 11 is 0. The van der Waals surface area contributed by atoms with Crippen molar-refractivity contribution in [3.8, 4) is 0 Å². The molecule has 0 N–H and O–H groups in total. The zero-order valence-electron chi connectivity index (χ0n) is 8.46. The summed E-state index contributed by atoms with van der Waals surface area (Å²) in [6.45, 7) is 6.65. The molecular formula is C12H15N. The van der Waals surface area contributed by atoms with Crippen molar-refractivity contribution >= 4 is 11.9 Å². The van der Waals surface area contributed by atoms with Gasteiger partial charge in [0.05, 0.1) is 5.69 Å². The minimum atomic E-state index is 0.598. The Labute approximate surface area is 79.5 Å². The molecule has 0 saturated heterocycles. The van der Waals surface area contributed by atoms with Crippen LogP contribution in [0.25, 0.3) is 0 Å². The highest BCUT2D eigenvalue weighted by molar-refractivity contribution is 5.76. The second kappa shape index (κ2) is 2.99. The number of aliphatic imine (C=N–C) groups is 1. The maximum atomic E-state index is 4.36. The zero-order valence-corrected chi connectivity index (χ0v) is 8.46. The fourth-order valence-electron chi connectivity index (χ4n) is 1.92. The van der Waals surface area contributed by atoms with Crippen LogP contribution in [0.1, 0.15) is 36.5 Å².